The Morgan fingerprint density at radius 2 is 1.78 bits per heavy atom. The van der Waals surface area contributed by atoms with Crippen molar-refractivity contribution in [3.63, 3.8) is 0 Å². The van der Waals surface area contributed by atoms with Gasteiger partial charge in [0, 0.05) is 6.04 Å². The molecule has 0 saturated heterocycles. The Labute approximate surface area is 159 Å². The van der Waals surface area contributed by atoms with Crippen molar-refractivity contribution >= 4 is 5.97 Å². The van der Waals surface area contributed by atoms with Crippen LogP contribution in [0.5, 0.6) is 5.75 Å². The van der Waals surface area contributed by atoms with Crippen LogP contribution in [0.4, 0.5) is 0 Å². The van der Waals surface area contributed by atoms with E-state index in [9.17, 15) is 15.0 Å². The minimum atomic E-state index is -0.809. The highest BCUT2D eigenvalue weighted by atomic mass is 16.5. The number of methoxy groups -OCH3 is 1. The highest BCUT2D eigenvalue weighted by molar-refractivity contribution is 5.72. The topological polar surface area (TPSA) is 88.0 Å². The highest BCUT2D eigenvalue weighted by Crippen LogP contribution is 2.17. The Bertz CT molecular complexity index is 689. The van der Waals surface area contributed by atoms with Crippen molar-refractivity contribution in [1.29, 1.82) is 0 Å². The number of rotatable bonds is 10. The summed E-state index contributed by atoms with van der Waals surface area (Å²) in [6.45, 7) is 2.10. The van der Waals surface area contributed by atoms with Gasteiger partial charge in [-0.05, 0) is 30.2 Å². The van der Waals surface area contributed by atoms with Crippen LogP contribution in [0.3, 0.4) is 0 Å². The van der Waals surface area contributed by atoms with E-state index in [-0.39, 0.29) is 25.0 Å². The zero-order valence-corrected chi connectivity index (χ0v) is 15.7. The number of carbonyl (C=O) groups is 1. The number of benzene rings is 2. The fraction of sp³-hybridized carbons (Fsp3) is 0.381. The maximum atomic E-state index is 11.3. The van der Waals surface area contributed by atoms with Crippen LogP contribution in [0.2, 0.25) is 0 Å². The zero-order valence-electron chi connectivity index (χ0n) is 15.7. The second-order valence-corrected chi connectivity index (χ2v) is 6.42. The van der Waals surface area contributed by atoms with Gasteiger partial charge < -0.3 is 25.0 Å². The molecule has 0 radical (unpaired) electrons. The van der Waals surface area contributed by atoms with Gasteiger partial charge in [0.2, 0.25) is 0 Å². The SMILES string of the molecule is COC(=O)Cc1ccc(OCC(C)NC(CO)C(O)c2ccccc2)cc1. The third kappa shape index (κ3) is 6.67. The van der Waals surface area contributed by atoms with Gasteiger partial charge in [-0.1, -0.05) is 42.5 Å². The Balaban J connectivity index is 1.83. The number of hydrogen-bond acceptors (Lipinski definition) is 6. The molecular weight excluding hydrogens is 346 g/mol. The Hall–Kier alpha value is -2.41. The summed E-state index contributed by atoms with van der Waals surface area (Å²) in [5.74, 6) is 0.398. The van der Waals surface area contributed by atoms with Gasteiger partial charge in [-0.3, -0.25) is 4.79 Å². The van der Waals surface area contributed by atoms with Crippen LogP contribution < -0.4 is 10.1 Å². The molecule has 0 bridgehead atoms. The van der Waals surface area contributed by atoms with Gasteiger partial charge in [0.1, 0.15) is 12.4 Å². The molecule has 0 heterocycles. The molecule has 6 nitrogen and oxygen atoms in total. The summed E-state index contributed by atoms with van der Waals surface area (Å²) < 4.78 is 10.4. The third-order valence-corrected chi connectivity index (χ3v) is 4.22. The predicted molar refractivity (Wildman–Crippen MR) is 103 cm³/mol. The first kappa shape index (κ1) is 20.9. The van der Waals surface area contributed by atoms with E-state index in [4.69, 9.17) is 4.74 Å². The van der Waals surface area contributed by atoms with Gasteiger partial charge in [-0.25, -0.2) is 0 Å². The molecule has 2 aromatic rings. The molecule has 6 heteroatoms. The van der Waals surface area contributed by atoms with Crippen molar-refractivity contribution in [2.75, 3.05) is 20.3 Å². The molecule has 3 unspecified atom stereocenters. The quantitative estimate of drug-likeness (QED) is 0.551. The van der Waals surface area contributed by atoms with Crippen molar-refractivity contribution in [2.24, 2.45) is 0 Å². The second-order valence-electron chi connectivity index (χ2n) is 6.42. The minimum absolute atomic E-state index is 0.0877. The molecule has 0 aliphatic rings. The van der Waals surface area contributed by atoms with E-state index in [1.807, 2.05) is 49.4 Å². The highest BCUT2D eigenvalue weighted by Gasteiger charge is 2.21. The molecule has 0 fully saturated rings. The molecule has 2 aromatic carbocycles. The van der Waals surface area contributed by atoms with Crippen molar-refractivity contribution < 1.29 is 24.5 Å². The van der Waals surface area contributed by atoms with Gasteiger partial charge in [0.25, 0.3) is 0 Å². The van der Waals surface area contributed by atoms with Crippen molar-refractivity contribution in [3.05, 3.63) is 65.7 Å². The van der Waals surface area contributed by atoms with E-state index in [2.05, 4.69) is 10.1 Å². The Morgan fingerprint density at radius 1 is 1.11 bits per heavy atom. The molecular formula is C21H27NO5. The van der Waals surface area contributed by atoms with Crippen molar-refractivity contribution in [1.82, 2.24) is 5.32 Å². The van der Waals surface area contributed by atoms with Gasteiger partial charge in [-0.2, -0.15) is 0 Å². The van der Waals surface area contributed by atoms with E-state index in [1.54, 1.807) is 12.1 Å². The van der Waals surface area contributed by atoms with E-state index in [1.165, 1.54) is 7.11 Å². The lowest BCUT2D eigenvalue weighted by Crippen LogP contribution is -2.45. The number of ether oxygens (including phenoxy) is 2. The van der Waals surface area contributed by atoms with E-state index < -0.39 is 12.1 Å². The third-order valence-electron chi connectivity index (χ3n) is 4.22. The lowest BCUT2D eigenvalue weighted by molar-refractivity contribution is -0.139. The van der Waals surface area contributed by atoms with Crippen LogP contribution in [0.15, 0.2) is 54.6 Å². The van der Waals surface area contributed by atoms with Gasteiger partial charge >= 0.3 is 5.97 Å². The van der Waals surface area contributed by atoms with Crippen LogP contribution in [0, 0.1) is 0 Å². The Kier molecular flexibility index (Phi) is 8.26. The molecule has 3 atom stereocenters. The summed E-state index contributed by atoms with van der Waals surface area (Å²) >= 11 is 0. The number of hydrogen-bond donors (Lipinski definition) is 3. The first-order valence-electron chi connectivity index (χ1n) is 8.92. The summed E-state index contributed by atoms with van der Waals surface area (Å²) in [6.07, 6.45) is -0.583. The van der Waals surface area contributed by atoms with E-state index in [0.717, 1.165) is 11.1 Å². The molecule has 0 aromatic heterocycles. The molecule has 2 rings (SSSR count). The smallest absolute Gasteiger partial charge is 0.309 e. The van der Waals surface area contributed by atoms with Crippen LogP contribution in [-0.4, -0.2) is 48.6 Å². The molecule has 0 saturated carbocycles. The summed E-state index contributed by atoms with van der Waals surface area (Å²) in [6, 6.07) is 15.9. The molecule has 3 N–H and O–H groups in total. The maximum Gasteiger partial charge on any atom is 0.309 e. The maximum absolute atomic E-state index is 11.3. The van der Waals surface area contributed by atoms with Crippen LogP contribution in [-0.2, 0) is 16.0 Å². The molecule has 0 amide bonds. The minimum Gasteiger partial charge on any atom is -0.492 e. The van der Waals surface area contributed by atoms with Crippen LogP contribution >= 0.6 is 0 Å². The molecule has 27 heavy (non-hydrogen) atoms. The first-order chi connectivity index (χ1) is 13.0. The summed E-state index contributed by atoms with van der Waals surface area (Å²) in [4.78, 5) is 11.3. The fourth-order valence-electron chi connectivity index (χ4n) is 2.70. The molecule has 0 aliphatic carbocycles. The molecule has 0 spiro atoms. The van der Waals surface area contributed by atoms with Gasteiger partial charge in [0.05, 0.1) is 32.3 Å². The average Bonchev–Trinajstić information content (AvgIpc) is 2.71. The predicted octanol–water partition coefficient (Wildman–Crippen LogP) is 1.85. The largest absolute Gasteiger partial charge is 0.492 e. The summed E-state index contributed by atoms with van der Waals surface area (Å²) in [5, 5.41) is 23.2. The number of nitrogens with one attached hydrogen (secondary N) is 1. The van der Waals surface area contributed by atoms with Crippen LogP contribution in [0.1, 0.15) is 24.2 Å². The fourth-order valence-corrected chi connectivity index (χ4v) is 2.70. The lowest BCUT2D eigenvalue weighted by Gasteiger charge is -2.26. The Morgan fingerprint density at radius 3 is 2.37 bits per heavy atom. The monoisotopic (exact) mass is 373 g/mol. The number of carbonyl (C=O) groups excluding carboxylic acids is 1. The molecule has 0 aliphatic heterocycles. The number of esters is 1. The summed E-state index contributed by atoms with van der Waals surface area (Å²) in [5.41, 5.74) is 1.60. The van der Waals surface area contributed by atoms with E-state index in [0.29, 0.717) is 12.4 Å². The number of aliphatic hydroxyl groups excluding tert-OH is 2. The molecule has 146 valence electrons. The van der Waals surface area contributed by atoms with Crippen LogP contribution in [0.25, 0.3) is 0 Å². The van der Waals surface area contributed by atoms with Crippen molar-refractivity contribution in [3.8, 4) is 5.75 Å². The lowest BCUT2D eigenvalue weighted by atomic mass is 10.0. The van der Waals surface area contributed by atoms with Crippen molar-refractivity contribution in [2.45, 2.75) is 31.5 Å². The standard InChI is InChI=1S/C21H27NO5/c1-15(22-19(13-23)21(25)17-6-4-3-5-7-17)14-27-18-10-8-16(9-11-18)12-20(24)26-2/h3-11,15,19,21-23,25H,12-14H2,1-2H3. The number of aliphatic hydroxyl groups is 2. The second kappa shape index (κ2) is 10.7. The van der Waals surface area contributed by atoms with Gasteiger partial charge in [0.15, 0.2) is 0 Å². The zero-order chi connectivity index (χ0) is 19.6. The first-order valence-corrected chi connectivity index (χ1v) is 8.92. The van der Waals surface area contributed by atoms with Gasteiger partial charge in [-0.15, -0.1) is 0 Å². The normalized spacial score (nSPS) is 14.2. The van der Waals surface area contributed by atoms with E-state index >= 15 is 0 Å². The summed E-state index contributed by atoms with van der Waals surface area (Å²) in [7, 11) is 1.36. The average molecular weight is 373 g/mol.